The molecule has 7 nitrogen and oxygen atoms in total. The Hall–Kier alpha value is -7.64. The number of nitrogens with zero attached hydrogens (tertiary/aromatic N) is 4. The number of oxazole rings is 1. The van der Waals surface area contributed by atoms with Crippen LogP contribution in [0.4, 0.5) is 0 Å². The Morgan fingerprint density at radius 3 is 1.89 bits per heavy atom. The first-order valence-corrected chi connectivity index (χ1v) is 18.1. The summed E-state index contributed by atoms with van der Waals surface area (Å²) in [6.07, 6.45) is 0. The van der Waals surface area contributed by atoms with E-state index < -0.39 is 0 Å². The molecule has 0 unspecified atom stereocenters. The molecule has 4 heterocycles. The Labute approximate surface area is 312 Å². The topological polar surface area (TPSA) is 91.0 Å². The molecule has 0 amide bonds. The molecule has 7 heteroatoms. The van der Waals surface area contributed by atoms with E-state index in [0.717, 1.165) is 93.2 Å². The van der Waals surface area contributed by atoms with E-state index in [2.05, 4.69) is 66.7 Å². The molecule has 0 aliphatic rings. The molecule has 0 spiro atoms. The van der Waals surface area contributed by atoms with Crippen molar-refractivity contribution < 1.29 is 13.3 Å². The minimum Gasteiger partial charge on any atom is -0.456 e. The van der Waals surface area contributed by atoms with Crippen LogP contribution < -0.4 is 0 Å². The fourth-order valence-corrected chi connectivity index (χ4v) is 7.94. The highest BCUT2D eigenvalue weighted by Crippen LogP contribution is 2.42. The summed E-state index contributed by atoms with van der Waals surface area (Å²) in [6, 6.07) is 53.1. The lowest BCUT2D eigenvalue weighted by Crippen LogP contribution is -2.00. The van der Waals surface area contributed by atoms with Crippen molar-refractivity contribution in [3.63, 3.8) is 0 Å². The van der Waals surface area contributed by atoms with Gasteiger partial charge in [-0.3, -0.25) is 0 Å². The Morgan fingerprint density at radius 1 is 0.345 bits per heavy atom. The van der Waals surface area contributed by atoms with Gasteiger partial charge in [-0.1, -0.05) is 103 Å². The van der Waals surface area contributed by atoms with Crippen molar-refractivity contribution in [2.45, 2.75) is 0 Å². The van der Waals surface area contributed by atoms with Gasteiger partial charge in [-0.2, -0.15) is 0 Å². The lowest BCUT2D eigenvalue weighted by Gasteiger charge is -2.11. The minimum absolute atomic E-state index is 0.556. The fraction of sp³-hybridized carbons (Fsp3) is 0. The molecule has 0 N–H and O–H groups in total. The number of benzene rings is 8. The number of aromatic nitrogens is 4. The summed E-state index contributed by atoms with van der Waals surface area (Å²) >= 11 is 0. The van der Waals surface area contributed by atoms with Crippen LogP contribution in [0, 0.1) is 0 Å². The molecule has 0 bridgehead atoms. The molecule has 0 radical (unpaired) electrons. The zero-order valence-corrected chi connectivity index (χ0v) is 29.0. The Morgan fingerprint density at radius 2 is 1.00 bits per heavy atom. The average Bonchev–Trinajstić information content (AvgIpc) is 3.97. The van der Waals surface area contributed by atoms with Crippen molar-refractivity contribution in [3.8, 4) is 45.6 Å². The van der Waals surface area contributed by atoms with Crippen LogP contribution in [0.1, 0.15) is 0 Å². The van der Waals surface area contributed by atoms with Crippen LogP contribution >= 0.6 is 0 Å². The predicted octanol–water partition coefficient (Wildman–Crippen LogP) is 12.8. The molecule has 55 heavy (non-hydrogen) atoms. The third-order valence-electron chi connectivity index (χ3n) is 10.5. The van der Waals surface area contributed by atoms with Crippen LogP contribution in [-0.4, -0.2) is 19.9 Å². The highest BCUT2D eigenvalue weighted by Gasteiger charge is 2.21. The minimum atomic E-state index is 0.556. The summed E-state index contributed by atoms with van der Waals surface area (Å²) in [5, 5.41) is 8.13. The number of hydrogen-bond donors (Lipinski definition) is 0. The molecule has 12 rings (SSSR count). The standard InChI is InChI=1S/C48H26N4O3/c1-2-10-29(11-3-1)48-49-36-22-24-40-43(44(36)55-48)42-35-26-32(20-18-28(35)21-23-39(42)54-40)46-50-45(31-19-17-27-9-4-5-12-30(27)25-31)51-47(52-46)34-14-8-16-38-41(34)33-13-6-7-15-37(33)53-38/h1-26H. The lowest BCUT2D eigenvalue weighted by molar-refractivity contribution is 0.622. The first-order valence-electron chi connectivity index (χ1n) is 18.1. The van der Waals surface area contributed by atoms with Gasteiger partial charge in [0.1, 0.15) is 27.8 Å². The van der Waals surface area contributed by atoms with E-state index >= 15 is 0 Å². The highest BCUT2D eigenvalue weighted by atomic mass is 16.4. The normalized spacial score (nSPS) is 12.0. The summed E-state index contributed by atoms with van der Waals surface area (Å²) < 4.78 is 19.2. The molecule has 0 fully saturated rings. The SMILES string of the molecule is c1ccc(-c2nc3ccc4oc5ccc6ccc(-c7nc(-c8ccc9ccccc9c8)nc(-c8cccc9oc%10ccccc%10c89)n7)cc6c5c4c3o2)cc1. The summed E-state index contributed by atoms with van der Waals surface area (Å²) in [7, 11) is 0. The number of rotatable bonds is 4. The number of furan rings is 2. The predicted molar refractivity (Wildman–Crippen MR) is 219 cm³/mol. The van der Waals surface area contributed by atoms with Gasteiger partial charge >= 0.3 is 0 Å². The third-order valence-corrected chi connectivity index (χ3v) is 10.5. The van der Waals surface area contributed by atoms with E-state index in [1.807, 2.05) is 91.0 Å². The summed E-state index contributed by atoms with van der Waals surface area (Å²) in [5.41, 5.74) is 8.09. The quantitative estimate of drug-likeness (QED) is 0.180. The molecule has 0 saturated heterocycles. The van der Waals surface area contributed by atoms with E-state index in [9.17, 15) is 0 Å². The van der Waals surface area contributed by atoms with Crippen molar-refractivity contribution in [1.29, 1.82) is 0 Å². The van der Waals surface area contributed by atoms with Gasteiger partial charge < -0.3 is 13.3 Å². The van der Waals surface area contributed by atoms with Crippen LogP contribution in [0.5, 0.6) is 0 Å². The summed E-state index contributed by atoms with van der Waals surface area (Å²) in [5.74, 6) is 2.27. The second-order valence-corrected chi connectivity index (χ2v) is 13.8. The molecule has 0 aliphatic heterocycles. The maximum absolute atomic E-state index is 6.50. The molecular weight excluding hydrogens is 681 g/mol. The first kappa shape index (κ1) is 29.9. The van der Waals surface area contributed by atoms with Crippen LogP contribution in [-0.2, 0) is 0 Å². The number of hydrogen-bond acceptors (Lipinski definition) is 7. The van der Waals surface area contributed by atoms with Gasteiger partial charge in [0.2, 0.25) is 5.89 Å². The van der Waals surface area contributed by atoms with Gasteiger partial charge in [-0.05, 0) is 76.1 Å². The highest BCUT2D eigenvalue weighted by molar-refractivity contribution is 6.25. The monoisotopic (exact) mass is 706 g/mol. The zero-order valence-electron chi connectivity index (χ0n) is 29.0. The second-order valence-electron chi connectivity index (χ2n) is 13.8. The average molecular weight is 707 g/mol. The first-order chi connectivity index (χ1) is 27.2. The van der Waals surface area contributed by atoms with Crippen molar-refractivity contribution in [2.75, 3.05) is 0 Å². The van der Waals surface area contributed by atoms with E-state index in [1.54, 1.807) is 0 Å². The van der Waals surface area contributed by atoms with Gasteiger partial charge in [-0.25, -0.2) is 19.9 Å². The van der Waals surface area contributed by atoms with Crippen molar-refractivity contribution in [3.05, 3.63) is 158 Å². The van der Waals surface area contributed by atoms with Crippen LogP contribution in [0.25, 0.3) is 122 Å². The lowest BCUT2D eigenvalue weighted by atomic mass is 10.0. The smallest absolute Gasteiger partial charge is 0.227 e. The molecule has 0 saturated carbocycles. The van der Waals surface area contributed by atoms with E-state index in [1.165, 1.54) is 0 Å². The molecule has 8 aromatic carbocycles. The zero-order chi connectivity index (χ0) is 36.0. The van der Waals surface area contributed by atoms with Gasteiger partial charge in [-0.15, -0.1) is 0 Å². The Kier molecular flexibility index (Phi) is 6.21. The van der Waals surface area contributed by atoms with E-state index in [0.29, 0.717) is 28.9 Å². The van der Waals surface area contributed by atoms with E-state index in [-0.39, 0.29) is 0 Å². The summed E-state index contributed by atoms with van der Waals surface area (Å²) in [6.45, 7) is 0. The van der Waals surface area contributed by atoms with Gasteiger partial charge in [0.05, 0.1) is 5.39 Å². The van der Waals surface area contributed by atoms with E-state index in [4.69, 9.17) is 33.2 Å². The van der Waals surface area contributed by atoms with Gasteiger partial charge in [0.25, 0.3) is 0 Å². The Balaban J connectivity index is 1.11. The molecule has 0 atom stereocenters. The maximum Gasteiger partial charge on any atom is 0.227 e. The van der Waals surface area contributed by atoms with Crippen LogP contribution in [0.15, 0.2) is 171 Å². The van der Waals surface area contributed by atoms with Crippen molar-refractivity contribution >= 4 is 76.5 Å². The molecule has 4 aromatic heterocycles. The van der Waals surface area contributed by atoms with Crippen molar-refractivity contribution in [1.82, 2.24) is 19.9 Å². The second kappa shape index (κ2) is 11.4. The fourth-order valence-electron chi connectivity index (χ4n) is 7.94. The molecular formula is C48H26N4O3. The maximum atomic E-state index is 6.50. The Bertz CT molecular complexity index is 3510. The largest absolute Gasteiger partial charge is 0.456 e. The third kappa shape index (κ3) is 4.63. The molecule has 0 aliphatic carbocycles. The van der Waals surface area contributed by atoms with Crippen LogP contribution in [0.3, 0.4) is 0 Å². The molecule has 256 valence electrons. The van der Waals surface area contributed by atoms with Gasteiger partial charge in [0, 0.05) is 38.4 Å². The number of para-hydroxylation sites is 1. The van der Waals surface area contributed by atoms with Crippen LogP contribution in [0.2, 0.25) is 0 Å². The molecule has 12 aromatic rings. The van der Waals surface area contributed by atoms with Gasteiger partial charge in [0.15, 0.2) is 23.1 Å². The summed E-state index contributed by atoms with van der Waals surface area (Å²) in [4.78, 5) is 20.4. The van der Waals surface area contributed by atoms with Crippen molar-refractivity contribution in [2.24, 2.45) is 0 Å². The number of fused-ring (bicyclic) bond motifs is 11.